The largest absolute Gasteiger partial charge is 0.0861 e. The molecule has 0 saturated heterocycles. The van der Waals surface area contributed by atoms with Crippen LogP contribution < -0.4 is 0 Å². The highest BCUT2D eigenvalue weighted by Gasteiger charge is 2.04. The fourth-order valence-corrected chi connectivity index (χ4v) is 2.91. The molecule has 0 fully saturated rings. The van der Waals surface area contributed by atoms with Crippen molar-refractivity contribution in [3.63, 3.8) is 0 Å². The van der Waals surface area contributed by atoms with Gasteiger partial charge in [-0.3, -0.25) is 0 Å². The lowest BCUT2D eigenvalue weighted by Gasteiger charge is -2.03. The summed E-state index contributed by atoms with van der Waals surface area (Å²) in [5, 5.41) is 2.33. The zero-order chi connectivity index (χ0) is 16.2. The molecule has 2 aromatic rings. The molecule has 4 rings (SSSR count). The second kappa shape index (κ2) is 6.49. The van der Waals surface area contributed by atoms with Crippen molar-refractivity contribution in [2.75, 3.05) is 0 Å². The lowest BCUT2D eigenvalue weighted by Crippen LogP contribution is -1.87. The van der Waals surface area contributed by atoms with Gasteiger partial charge in [-0.15, -0.1) is 0 Å². The topological polar surface area (TPSA) is 0 Å². The van der Waals surface area contributed by atoms with Crippen molar-refractivity contribution >= 4 is 10.8 Å². The summed E-state index contributed by atoms with van der Waals surface area (Å²) in [6, 6.07) is 12.5. The third kappa shape index (κ3) is 2.96. The van der Waals surface area contributed by atoms with E-state index >= 15 is 0 Å². The van der Waals surface area contributed by atoms with Crippen LogP contribution in [-0.4, -0.2) is 0 Å². The molecule has 0 amide bonds. The molecule has 0 radical (unpaired) electrons. The average Bonchev–Trinajstić information content (AvgIpc) is 3.31. The van der Waals surface area contributed by atoms with E-state index in [1.165, 1.54) is 10.8 Å². The van der Waals surface area contributed by atoms with Crippen LogP contribution in [0.1, 0.15) is 11.1 Å². The summed E-state index contributed by atoms with van der Waals surface area (Å²) >= 11 is 0. The highest BCUT2D eigenvalue weighted by atomic mass is 14.1. The van der Waals surface area contributed by atoms with E-state index in [4.69, 9.17) is 0 Å². The summed E-state index contributed by atoms with van der Waals surface area (Å²) in [4.78, 5) is 0. The van der Waals surface area contributed by atoms with E-state index in [9.17, 15) is 0 Å². The van der Waals surface area contributed by atoms with E-state index in [0.29, 0.717) is 0 Å². The molecule has 0 saturated carbocycles. The molecule has 2 aromatic carbocycles. The van der Waals surface area contributed by atoms with Gasteiger partial charge in [-0.05, 0) is 22.9 Å². The Morgan fingerprint density at radius 3 is 1.38 bits per heavy atom. The zero-order valence-corrected chi connectivity index (χ0v) is 13.2. The predicted octanol–water partition coefficient (Wildman–Crippen LogP) is 5.03. The molecule has 24 heavy (non-hydrogen) atoms. The van der Waals surface area contributed by atoms with E-state index < -0.39 is 0 Å². The van der Waals surface area contributed by atoms with Crippen LogP contribution in [0.4, 0.5) is 0 Å². The number of allylic oxidation sites excluding steroid dienone is 8. The first-order valence-corrected chi connectivity index (χ1v) is 8.15. The first-order chi connectivity index (χ1) is 11.9. The molecule has 0 spiro atoms. The van der Waals surface area contributed by atoms with E-state index in [2.05, 4.69) is 84.4 Å². The van der Waals surface area contributed by atoms with Gasteiger partial charge in [-0.2, -0.15) is 0 Å². The Hall–Kier alpha value is -3.22. The SMILES string of the molecule is C(#CC1C=CC=C1)c1cccc2c(C#CC3C=CC=C3)cccc12. The van der Waals surface area contributed by atoms with E-state index in [1.807, 2.05) is 24.3 Å². The first-order valence-electron chi connectivity index (χ1n) is 8.15. The van der Waals surface area contributed by atoms with Crippen molar-refractivity contribution in [3.05, 3.63) is 96.1 Å². The Morgan fingerprint density at radius 2 is 0.958 bits per heavy atom. The summed E-state index contributed by atoms with van der Waals surface area (Å²) in [5.74, 6) is 13.7. The predicted molar refractivity (Wildman–Crippen MR) is 101 cm³/mol. The van der Waals surface area contributed by atoms with Crippen LogP contribution in [0, 0.1) is 35.5 Å². The van der Waals surface area contributed by atoms with Crippen molar-refractivity contribution in [3.8, 4) is 23.7 Å². The third-order valence-electron chi connectivity index (χ3n) is 4.17. The highest BCUT2D eigenvalue weighted by Crippen LogP contribution is 2.22. The molecular weight excluding hydrogens is 288 g/mol. The maximum atomic E-state index is 3.33. The van der Waals surface area contributed by atoms with E-state index in [-0.39, 0.29) is 11.8 Å². The monoisotopic (exact) mass is 304 g/mol. The van der Waals surface area contributed by atoms with Crippen LogP contribution in [0.3, 0.4) is 0 Å². The summed E-state index contributed by atoms with van der Waals surface area (Å²) in [5.41, 5.74) is 2.12. The maximum absolute atomic E-state index is 3.33. The van der Waals surface area contributed by atoms with E-state index in [1.54, 1.807) is 0 Å². The second-order valence-electron chi connectivity index (χ2n) is 5.84. The summed E-state index contributed by atoms with van der Waals surface area (Å²) in [6.07, 6.45) is 16.6. The van der Waals surface area contributed by atoms with E-state index in [0.717, 1.165) is 11.1 Å². The van der Waals surface area contributed by atoms with Gasteiger partial charge in [0.25, 0.3) is 0 Å². The van der Waals surface area contributed by atoms with Gasteiger partial charge in [-0.25, -0.2) is 0 Å². The minimum absolute atomic E-state index is 0.226. The van der Waals surface area contributed by atoms with Gasteiger partial charge in [0.2, 0.25) is 0 Å². The molecular formula is C24H16. The smallest absolute Gasteiger partial charge is 0.0573 e. The number of hydrogen-bond donors (Lipinski definition) is 0. The van der Waals surface area contributed by atoms with Gasteiger partial charge >= 0.3 is 0 Å². The number of benzene rings is 2. The van der Waals surface area contributed by atoms with Crippen molar-refractivity contribution < 1.29 is 0 Å². The molecule has 2 aliphatic rings. The maximum Gasteiger partial charge on any atom is 0.0573 e. The Morgan fingerprint density at radius 1 is 0.542 bits per heavy atom. The Balaban J connectivity index is 1.74. The fraction of sp³-hybridized carbons (Fsp3) is 0.0833. The fourth-order valence-electron chi connectivity index (χ4n) is 2.91. The van der Waals surface area contributed by atoms with Crippen LogP contribution in [0.25, 0.3) is 10.8 Å². The molecule has 112 valence electrons. The highest BCUT2D eigenvalue weighted by molar-refractivity contribution is 5.92. The number of rotatable bonds is 0. The van der Waals surface area contributed by atoms with Gasteiger partial charge in [0.05, 0.1) is 11.8 Å². The summed E-state index contributed by atoms with van der Waals surface area (Å²) < 4.78 is 0. The van der Waals surface area contributed by atoms with Crippen molar-refractivity contribution in [1.29, 1.82) is 0 Å². The zero-order valence-electron chi connectivity index (χ0n) is 13.2. The average molecular weight is 304 g/mol. The lowest BCUT2D eigenvalue weighted by atomic mass is 9.99. The van der Waals surface area contributed by atoms with Gasteiger partial charge in [0.1, 0.15) is 0 Å². The second-order valence-corrected chi connectivity index (χ2v) is 5.84. The van der Waals surface area contributed by atoms with Gasteiger partial charge in [0.15, 0.2) is 0 Å². The Bertz CT molecular complexity index is 911. The quantitative estimate of drug-likeness (QED) is 0.599. The van der Waals surface area contributed by atoms with Gasteiger partial charge < -0.3 is 0 Å². The molecule has 0 heterocycles. The Kier molecular flexibility index (Phi) is 3.89. The molecule has 0 unspecified atom stereocenters. The first kappa shape index (κ1) is 14.4. The Labute approximate surface area is 142 Å². The van der Waals surface area contributed by atoms with Gasteiger partial charge in [-0.1, -0.05) is 96.6 Å². The molecule has 0 aromatic heterocycles. The molecule has 0 heteroatoms. The summed E-state index contributed by atoms with van der Waals surface area (Å²) in [6.45, 7) is 0. The van der Waals surface area contributed by atoms with Crippen LogP contribution in [-0.2, 0) is 0 Å². The molecule has 0 N–H and O–H groups in total. The standard InChI is InChI=1S/C24H16/c1-2-8-19(7-1)15-17-21-11-5-14-24-22(12-6-13-23(21)24)18-16-20-9-3-4-10-20/h1-14,19-20H. The summed E-state index contributed by atoms with van der Waals surface area (Å²) in [7, 11) is 0. The minimum Gasteiger partial charge on any atom is -0.0861 e. The molecule has 0 aliphatic heterocycles. The van der Waals surface area contributed by atoms with Crippen molar-refractivity contribution in [2.45, 2.75) is 0 Å². The molecule has 0 nitrogen and oxygen atoms in total. The minimum atomic E-state index is 0.226. The van der Waals surface area contributed by atoms with Crippen molar-refractivity contribution in [1.82, 2.24) is 0 Å². The van der Waals surface area contributed by atoms with Crippen LogP contribution >= 0.6 is 0 Å². The third-order valence-corrected chi connectivity index (χ3v) is 4.17. The molecule has 0 bridgehead atoms. The number of hydrogen-bond acceptors (Lipinski definition) is 0. The molecule has 2 aliphatic carbocycles. The van der Waals surface area contributed by atoms with Crippen LogP contribution in [0.15, 0.2) is 85.0 Å². The van der Waals surface area contributed by atoms with Gasteiger partial charge in [0, 0.05) is 11.1 Å². The lowest BCUT2D eigenvalue weighted by molar-refractivity contribution is 1.15. The molecule has 0 atom stereocenters. The van der Waals surface area contributed by atoms with Crippen molar-refractivity contribution in [2.24, 2.45) is 11.8 Å². The van der Waals surface area contributed by atoms with Crippen LogP contribution in [0.2, 0.25) is 0 Å². The van der Waals surface area contributed by atoms with Crippen LogP contribution in [0.5, 0.6) is 0 Å². The number of fused-ring (bicyclic) bond motifs is 1. The normalized spacial score (nSPS) is 15.5.